The fourth-order valence-corrected chi connectivity index (χ4v) is 2.71. The van der Waals surface area contributed by atoms with Crippen LogP contribution in [0.5, 0.6) is 5.75 Å². The second-order valence-corrected chi connectivity index (χ2v) is 5.60. The van der Waals surface area contributed by atoms with Gasteiger partial charge in [-0.3, -0.25) is 0 Å². The number of piperidine rings is 1. The lowest BCUT2D eigenvalue weighted by atomic mass is 9.89. The molecule has 3 unspecified atom stereocenters. The summed E-state index contributed by atoms with van der Waals surface area (Å²) in [5.74, 6) is 0.517. The smallest absolute Gasteiger partial charge is 0.167 e. The van der Waals surface area contributed by atoms with Gasteiger partial charge < -0.3 is 15.0 Å². The average molecular weight is 266 g/mol. The van der Waals surface area contributed by atoms with Gasteiger partial charge in [-0.15, -0.1) is 0 Å². The molecule has 2 rings (SSSR count). The van der Waals surface area contributed by atoms with Gasteiger partial charge in [-0.1, -0.05) is 6.92 Å². The molecule has 1 heterocycles. The molecule has 1 aliphatic rings. The van der Waals surface area contributed by atoms with Crippen LogP contribution in [0.25, 0.3) is 0 Å². The number of benzene rings is 1. The van der Waals surface area contributed by atoms with Gasteiger partial charge in [0.25, 0.3) is 0 Å². The summed E-state index contributed by atoms with van der Waals surface area (Å²) in [4.78, 5) is 2.37. The molecule has 1 aliphatic heterocycles. The Labute approximate surface area is 114 Å². The highest BCUT2D eigenvalue weighted by molar-refractivity contribution is 5.48. The Balaban J connectivity index is 2.06. The summed E-state index contributed by atoms with van der Waals surface area (Å²) >= 11 is 0. The zero-order chi connectivity index (χ0) is 14.0. The van der Waals surface area contributed by atoms with Gasteiger partial charge >= 0.3 is 0 Å². The molecule has 1 aromatic rings. The molecule has 0 saturated carbocycles. The monoisotopic (exact) mass is 266 g/mol. The van der Waals surface area contributed by atoms with Crippen molar-refractivity contribution < 1.29 is 9.13 Å². The number of anilines is 1. The number of rotatable bonds is 3. The zero-order valence-corrected chi connectivity index (χ0v) is 12.1. The van der Waals surface area contributed by atoms with Gasteiger partial charge in [0, 0.05) is 30.4 Å². The van der Waals surface area contributed by atoms with E-state index < -0.39 is 0 Å². The highest BCUT2D eigenvalue weighted by Crippen LogP contribution is 2.26. The van der Waals surface area contributed by atoms with Crippen molar-refractivity contribution >= 4 is 5.69 Å². The Kier molecular flexibility index (Phi) is 4.30. The predicted octanol–water partition coefficient (Wildman–Crippen LogP) is 2.97. The van der Waals surface area contributed by atoms with E-state index in [0.29, 0.717) is 18.0 Å². The molecule has 19 heavy (non-hydrogen) atoms. The Hall–Kier alpha value is -1.29. The molecule has 1 aromatic carbocycles. The molecular formula is C15H23FN2O. The van der Waals surface area contributed by atoms with Crippen LogP contribution in [0.15, 0.2) is 18.2 Å². The van der Waals surface area contributed by atoms with E-state index in [1.807, 2.05) is 6.07 Å². The molecule has 1 fully saturated rings. The Morgan fingerprint density at radius 1 is 1.37 bits per heavy atom. The Morgan fingerprint density at radius 2 is 2.11 bits per heavy atom. The van der Waals surface area contributed by atoms with Crippen LogP contribution in [-0.4, -0.2) is 37.7 Å². The molecule has 1 saturated heterocycles. The number of nitrogens with zero attached hydrogens (tertiary/aromatic N) is 1. The summed E-state index contributed by atoms with van der Waals surface area (Å²) in [5, 5.41) is 3.45. The first kappa shape index (κ1) is 14.1. The van der Waals surface area contributed by atoms with Crippen molar-refractivity contribution in [2.45, 2.75) is 32.4 Å². The van der Waals surface area contributed by atoms with Gasteiger partial charge in [0.2, 0.25) is 0 Å². The molecule has 3 atom stereocenters. The van der Waals surface area contributed by atoms with E-state index >= 15 is 0 Å². The number of halogens is 1. The zero-order valence-electron chi connectivity index (χ0n) is 12.1. The topological polar surface area (TPSA) is 24.5 Å². The molecule has 0 aromatic heterocycles. The first-order valence-electron chi connectivity index (χ1n) is 6.81. The van der Waals surface area contributed by atoms with Crippen molar-refractivity contribution in [3.63, 3.8) is 0 Å². The van der Waals surface area contributed by atoms with Crippen LogP contribution in [0.1, 0.15) is 20.3 Å². The van der Waals surface area contributed by atoms with Crippen LogP contribution in [-0.2, 0) is 0 Å². The van der Waals surface area contributed by atoms with Gasteiger partial charge in [0.05, 0.1) is 7.11 Å². The number of likely N-dealkylation sites (tertiary alicyclic amines) is 1. The maximum atomic E-state index is 13.7. The third kappa shape index (κ3) is 3.18. The highest BCUT2D eigenvalue weighted by atomic mass is 19.1. The maximum Gasteiger partial charge on any atom is 0.167 e. The summed E-state index contributed by atoms with van der Waals surface area (Å²) in [6, 6.07) is 5.99. The quantitative estimate of drug-likeness (QED) is 0.910. The summed E-state index contributed by atoms with van der Waals surface area (Å²) in [5.41, 5.74) is 0.826. The molecule has 0 bridgehead atoms. The van der Waals surface area contributed by atoms with E-state index in [-0.39, 0.29) is 11.6 Å². The van der Waals surface area contributed by atoms with Gasteiger partial charge in [0.1, 0.15) is 0 Å². The minimum absolute atomic E-state index is 0.287. The molecule has 0 aliphatic carbocycles. The second kappa shape index (κ2) is 5.78. The second-order valence-electron chi connectivity index (χ2n) is 5.60. The highest BCUT2D eigenvalue weighted by Gasteiger charge is 2.28. The van der Waals surface area contributed by atoms with Crippen LogP contribution >= 0.6 is 0 Å². The molecule has 4 heteroatoms. The Bertz CT molecular complexity index is 438. The number of ether oxygens (including phenoxy) is 1. The van der Waals surface area contributed by atoms with Gasteiger partial charge in [-0.05, 0) is 38.4 Å². The van der Waals surface area contributed by atoms with Crippen molar-refractivity contribution in [3.05, 3.63) is 24.0 Å². The molecule has 3 nitrogen and oxygen atoms in total. The molecule has 1 N–H and O–H groups in total. The van der Waals surface area contributed by atoms with E-state index in [9.17, 15) is 4.39 Å². The van der Waals surface area contributed by atoms with Gasteiger partial charge in [0.15, 0.2) is 11.6 Å². The summed E-state index contributed by atoms with van der Waals surface area (Å²) in [7, 11) is 3.64. The minimum Gasteiger partial charge on any atom is -0.494 e. The van der Waals surface area contributed by atoms with Crippen molar-refractivity contribution in [2.75, 3.05) is 26.0 Å². The van der Waals surface area contributed by atoms with Crippen LogP contribution in [0, 0.1) is 11.7 Å². The van der Waals surface area contributed by atoms with E-state index in [4.69, 9.17) is 4.74 Å². The molecular weight excluding hydrogens is 243 g/mol. The van der Waals surface area contributed by atoms with Crippen molar-refractivity contribution in [1.82, 2.24) is 4.90 Å². The fourth-order valence-electron chi connectivity index (χ4n) is 2.71. The van der Waals surface area contributed by atoms with Crippen LogP contribution in [0.3, 0.4) is 0 Å². The van der Waals surface area contributed by atoms with Crippen molar-refractivity contribution in [2.24, 2.45) is 5.92 Å². The lowest BCUT2D eigenvalue weighted by molar-refractivity contribution is 0.145. The minimum atomic E-state index is -0.318. The first-order valence-corrected chi connectivity index (χ1v) is 6.81. The van der Waals surface area contributed by atoms with E-state index in [1.54, 1.807) is 6.07 Å². The van der Waals surface area contributed by atoms with Crippen LogP contribution < -0.4 is 10.1 Å². The number of hydrogen-bond donors (Lipinski definition) is 1. The SMILES string of the molecule is COc1ccc(NC2CC(C)N(C)CC2C)cc1F. The van der Waals surface area contributed by atoms with Crippen molar-refractivity contribution in [1.29, 1.82) is 0 Å². The number of nitrogens with one attached hydrogen (secondary N) is 1. The Morgan fingerprint density at radius 3 is 2.74 bits per heavy atom. The third-order valence-electron chi connectivity index (χ3n) is 4.11. The maximum absolute atomic E-state index is 13.7. The summed E-state index contributed by atoms with van der Waals surface area (Å²) in [6.07, 6.45) is 1.07. The first-order chi connectivity index (χ1) is 9.01. The molecule has 0 radical (unpaired) electrons. The normalized spacial score (nSPS) is 28.2. The van der Waals surface area contributed by atoms with Crippen LogP contribution in [0.4, 0.5) is 10.1 Å². The van der Waals surface area contributed by atoms with E-state index in [1.165, 1.54) is 13.2 Å². The lowest BCUT2D eigenvalue weighted by Gasteiger charge is -2.40. The predicted molar refractivity (Wildman–Crippen MR) is 76.2 cm³/mol. The van der Waals surface area contributed by atoms with Gasteiger partial charge in [-0.25, -0.2) is 4.39 Å². The van der Waals surface area contributed by atoms with Crippen molar-refractivity contribution in [3.8, 4) is 5.75 Å². The average Bonchev–Trinajstić information content (AvgIpc) is 2.36. The standard InChI is InChI=1S/C15H23FN2O/c1-10-9-18(3)11(2)7-14(10)17-12-5-6-15(19-4)13(16)8-12/h5-6,8,10-11,14,17H,7,9H2,1-4H3. The largest absolute Gasteiger partial charge is 0.494 e. The summed E-state index contributed by atoms with van der Waals surface area (Å²) < 4.78 is 18.6. The molecule has 106 valence electrons. The third-order valence-corrected chi connectivity index (χ3v) is 4.11. The van der Waals surface area contributed by atoms with Gasteiger partial charge in [-0.2, -0.15) is 0 Å². The fraction of sp³-hybridized carbons (Fsp3) is 0.600. The number of methoxy groups -OCH3 is 1. The van der Waals surface area contributed by atoms with E-state index in [2.05, 4.69) is 31.1 Å². The lowest BCUT2D eigenvalue weighted by Crippen LogP contribution is -2.48. The van der Waals surface area contributed by atoms with Crippen LogP contribution in [0.2, 0.25) is 0 Å². The summed E-state index contributed by atoms with van der Waals surface area (Å²) in [6.45, 7) is 5.53. The number of hydrogen-bond acceptors (Lipinski definition) is 3. The molecule has 0 spiro atoms. The van der Waals surface area contributed by atoms with E-state index in [0.717, 1.165) is 18.7 Å². The molecule has 0 amide bonds.